The van der Waals surface area contributed by atoms with Crippen LogP contribution in [0.3, 0.4) is 0 Å². The maximum absolute atomic E-state index is 11.9. The molecule has 0 heterocycles. The molecule has 0 spiro atoms. The normalized spacial score (nSPS) is 12.0. The van der Waals surface area contributed by atoms with Gasteiger partial charge in [0.15, 0.2) is 0 Å². The lowest BCUT2D eigenvalue weighted by molar-refractivity contribution is -0.288. The van der Waals surface area contributed by atoms with Gasteiger partial charge in [0.25, 0.3) is 0 Å². The van der Waals surface area contributed by atoms with Crippen molar-refractivity contribution in [1.29, 1.82) is 0 Å². The van der Waals surface area contributed by atoms with E-state index in [0.717, 1.165) is 12.0 Å². The van der Waals surface area contributed by atoms with Crippen LogP contribution in [0.2, 0.25) is 0 Å². The first-order chi connectivity index (χ1) is 10.5. The summed E-state index contributed by atoms with van der Waals surface area (Å²) < 4.78 is 5.19. The van der Waals surface area contributed by atoms with Gasteiger partial charge in [0.05, 0.1) is 18.8 Å². The highest BCUT2D eigenvalue weighted by Gasteiger charge is 2.08. The smallest absolute Gasteiger partial charge is 0.338 e. The van der Waals surface area contributed by atoms with Crippen LogP contribution in [0.5, 0.6) is 0 Å². The highest BCUT2D eigenvalue weighted by atomic mass is 17.2. The van der Waals surface area contributed by atoms with Gasteiger partial charge in [-0.3, -0.25) is 0 Å². The number of esters is 1. The molecule has 0 aromatic heterocycles. The number of benzene rings is 1. The molecule has 4 nitrogen and oxygen atoms in total. The van der Waals surface area contributed by atoms with Crippen LogP contribution in [-0.2, 0) is 14.5 Å². The Balaban J connectivity index is 2.23. The van der Waals surface area contributed by atoms with Gasteiger partial charge in [-0.25, -0.2) is 14.6 Å². The van der Waals surface area contributed by atoms with E-state index in [2.05, 4.69) is 20.4 Å². The third kappa shape index (κ3) is 6.87. The zero-order valence-electron chi connectivity index (χ0n) is 13.8. The van der Waals surface area contributed by atoms with Crippen LogP contribution < -0.4 is 0 Å². The molecule has 1 aromatic rings. The molecule has 0 aliphatic rings. The van der Waals surface area contributed by atoms with E-state index in [9.17, 15) is 4.79 Å². The monoisotopic (exact) mass is 306 g/mol. The van der Waals surface area contributed by atoms with Crippen LogP contribution in [0.4, 0.5) is 0 Å². The number of hydrogen-bond acceptors (Lipinski definition) is 4. The minimum Gasteiger partial charge on any atom is -0.462 e. The molecule has 0 radical (unpaired) electrons. The Kier molecular flexibility index (Phi) is 8.48. The van der Waals surface area contributed by atoms with Gasteiger partial charge in [-0.2, -0.15) is 0 Å². The number of ether oxygens (including phenoxy) is 1. The number of hydrogen-bond donors (Lipinski definition) is 0. The van der Waals surface area contributed by atoms with Crippen LogP contribution in [-0.4, -0.2) is 25.8 Å². The molecule has 0 N–H and O–H groups in total. The lowest BCUT2D eigenvalue weighted by Gasteiger charge is -2.10. The topological polar surface area (TPSA) is 44.8 Å². The number of carbonyl (C=O) groups excluding carboxylic acids is 1. The lowest BCUT2D eigenvalue weighted by Crippen LogP contribution is -2.09. The third-order valence-corrected chi connectivity index (χ3v) is 3.32. The molecule has 0 amide bonds. The van der Waals surface area contributed by atoms with Gasteiger partial charge < -0.3 is 4.74 Å². The molecule has 0 fully saturated rings. The summed E-state index contributed by atoms with van der Waals surface area (Å²) in [5.41, 5.74) is 2.71. The summed E-state index contributed by atoms with van der Waals surface area (Å²) >= 11 is 0. The SMILES string of the molecule is C=C(C)COOCCCOC(=O)c1ccc(C(C)CC)cc1. The predicted octanol–water partition coefficient (Wildman–Crippen LogP) is 4.27. The maximum Gasteiger partial charge on any atom is 0.338 e. The molecule has 1 aromatic carbocycles. The minimum atomic E-state index is -0.307. The first-order valence-corrected chi connectivity index (χ1v) is 7.70. The molecule has 0 bridgehead atoms. The first-order valence-electron chi connectivity index (χ1n) is 7.70. The molecular weight excluding hydrogens is 280 g/mol. The highest BCUT2D eigenvalue weighted by molar-refractivity contribution is 5.89. The number of carbonyl (C=O) groups is 1. The molecule has 22 heavy (non-hydrogen) atoms. The van der Waals surface area contributed by atoms with Gasteiger partial charge in [-0.1, -0.05) is 38.1 Å². The van der Waals surface area contributed by atoms with Gasteiger partial charge >= 0.3 is 5.97 Å². The quantitative estimate of drug-likeness (QED) is 0.213. The fraction of sp³-hybridized carbons (Fsp3) is 0.500. The van der Waals surface area contributed by atoms with E-state index in [4.69, 9.17) is 14.5 Å². The van der Waals surface area contributed by atoms with Crippen molar-refractivity contribution in [2.75, 3.05) is 19.8 Å². The molecule has 0 saturated carbocycles. The Morgan fingerprint density at radius 3 is 2.45 bits per heavy atom. The van der Waals surface area contributed by atoms with Gasteiger partial charge in [0.1, 0.15) is 6.61 Å². The Morgan fingerprint density at radius 1 is 1.18 bits per heavy atom. The van der Waals surface area contributed by atoms with Crippen molar-refractivity contribution in [2.45, 2.75) is 39.5 Å². The molecule has 122 valence electrons. The summed E-state index contributed by atoms with van der Waals surface area (Å²) in [4.78, 5) is 21.7. The van der Waals surface area contributed by atoms with E-state index >= 15 is 0 Å². The molecule has 1 rings (SSSR count). The second-order valence-electron chi connectivity index (χ2n) is 5.46. The second-order valence-corrected chi connectivity index (χ2v) is 5.46. The molecule has 0 aliphatic carbocycles. The van der Waals surface area contributed by atoms with Crippen LogP contribution in [0, 0.1) is 0 Å². The zero-order valence-corrected chi connectivity index (χ0v) is 13.8. The van der Waals surface area contributed by atoms with Crippen LogP contribution in [0.15, 0.2) is 36.4 Å². The summed E-state index contributed by atoms with van der Waals surface area (Å²) in [6.07, 6.45) is 1.67. The van der Waals surface area contributed by atoms with Crippen molar-refractivity contribution >= 4 is 5.97 Å². The van der Waals surface area contributed by atoms with E-state index < -0.39 is 0 Å². The maximum atomic E-state index is 11.9. The van der Waals surface area contributed by atoms with Gasteiger partial charge in [0.2, 0.25) is 0 Å². The Bertz CT molecular complexity index is 464. The Morgan fingerprint density at radius 2 is 1.86 bits per heavy atom. The van der Waals surface area contributed by atoms with E-state index in [0.29, 0.717) is 37.7 Å². The summed E-state index contributed by atoms with van der Waals surface area (Å²) in [6.45, 7) is 10.9. The van der Waals surface area contributed by atoms with Gasteiger partial charge in [0, 0.05) is 6.42 Å². The Labute approximate surface area is 133 Å². The molecule has 1 unspecified atom stereocenters. The van der Waals surface area contributed by atoms with Crippen molar-refractivity contribution in [2.24, 2.45) is 0 Å². The molecule has 0 aliphatic heterocycles. The van der Waals surface area contributed by atoms with E-state index in [1.807, 2.05) is 31.2 Å². The Hall–Kier alpha value is -1.65. The zero-order chi connectivity index (χ0) is 16.4. The third-order valence-electron chi connectivity index (χ3n) is 3.32. The van der Waals surface area contributed by atoms with Gasteiger partial charge in [-0.05, 0) is 37.0 Å². The first kappa shape index (κ1) is 18.4. The molecule has 4 heteroatoms. The minimum absolute atomic E-state index is 0.307. The standard InChI is InChI=1S/C18H26O4/c1-5-15(4)16-7-9-17(10-8-16)18(19)20-11-6-12-21-22-13-14(2)3/h7-10,15H,2,5-6,11-13H2,1,3-4H3. The van der Waals surface area contributed by atoms with Crippen molar-refractivity contribution in [3.05, 3.63) is 47.5 Å². The summed E-state index contributed by atoms with van der Waals surface area (Å²) in [6, 6.07) is 7.60. The molecule has 1 atom stereocenters. The van der Waals surface area contributed by atoms with Crippen molar-refractivity contribution < 1.29 is 19.3 Å². The fourth-order valence-corrected chi connectivity index (χ4v) is 1.75. The second kappa shape index (κ2) is 10.1. The predicted molar refractivity (Wildman–Crippen MR) is 86.8 cm³/mol. The summed E-state index contributed by atoms with van der Waals surface area (Å²) in [5.74, 6) is 0.194. The average Bonchev–Trinajstić information content (AvgIpc) is 2.52. The van der Waals surface area contributed by atoms with Gasteiger partial charge in [-0.15, -0.1) is 0 Å². The van der Waals surface area contributed by atoms with E-state index in [1.54, 1.807) is 0 Å². The fourth-order valence-electron chi connectivity index (χ4n) is 1.75. The highest BCUT2D eigenvalue weighted by Crippen LogP contribution is 2.19. The van der Waals surface area contributed by atoms with Crippen LogP contribution in [0.25, 0.3) is 0 Å². The van der Waals surface area contributed by atoms with Crippen molar-refractivity contribution in [3.63, 3.8) is 0 Å². The molecule has 0 saturated heterocycles. The summed E-state index contributed by atoms with van der Waals surface area (Å²) in [5, 5.41) is 0. The van der Waals surface area contributed by atoms with Crippen LogP contribution >= 0.6 is 0 Å². The number of rotatable bonds is 10. The molecular formula is C18H26O4. The van der Waals surface area contributed by atoms with Crippen molar-refractivity contribution in [3.8, 4) is 0 Å². The van der Waals surface area contributed by atoms with Crippen LogP contribution in [0.1, 0.15) is 55.5 Å². The average molecular weight is 306 g/mol. The largest absolute Gasteiger partial charge is 0.462 e. The van der Waals surface area contributed by atoms with E-state index in [1.165, 1.54) is 5.56 Å². The van der Waals surface area contributed by atoms with E-state index in [-0.39, 0.29) is 5.97 Å². The lowest BCUT2D eigenvalue weighted by atomic mass is 9.98. The summed E-state index contributed by atoms with van der Waals surface area (Å²) in [7, 11) is 0. The van der Waals surface area contributed by atoms with Crippen molar-refractivity contribution in [1.82, 2.24) is 0 Å².